The van der Waals surface area contributed by atoms with E-state index in [0.29, 0.717) is 12.6 Å². The van der Waals surface area contributed by atoms with Gasteiger partial charge in [0.1, 0.15) is 5.82 Å². The van der Waals surface area contributed by atoms with E-state index in [9.17, 15) is 9.18 Å². The zero-order valence-corrected chi connectivity index (χ0v) is 17.2. The van der Waals surface area contributed by atoms with Crippen LogP contribution in [0.1, 0.15) is 39.3 Å². The molecule has 0 aliphatic heterocycles. The quantitative estimate of drug-likeness (QED) is 0.674. The van der Waals surface area contributed by atoms with Gasteiger partial charge in [-0.05, 0) is 57.9 Å². The van der Waals surface area contributed by atoms with Crippen LogP contribution in [0.15, 0.2) is 35.8 Å². The number of fused-ring (bicyclic) bond motifs is 1. The Hall–Kier alpha value is -2.41. The van der Waals surface area contributed by atoms with Crippen LogP contribution in [-0.4, -0.2) is 38.4 Å². The highest BCUT2D eigenvalue weighted by atomic mass is 32.1. The summed E-state index contributed by atoms with van der Waals surface area (Å²) in [6, 6.07) is 6.75. The van der Waals surface area contributed by atoms with E-state index in [2.05, 4.69) is 20.1 Å². The average Bonchev–Trinajstić information content (AvgIpc) is 3.24. The minimum atomic E-state index is -0.251. The molecule has 5 nitrogen and oxygen atoms in total. The second kappa shape index (κ2) is 7.20. The predicted octanol–water partition coefficient (Wildman–Crippen LogP) is 4.72. The van der Waals surface area contributed by atoms with Gasteiger partial charge in [0.25, 0.3) is 0 Å². The highest BCUT2D eigenvalue weighted by Crippen LogP contribution is 2.28. The first-order chi connectivity index (χ1) is 13.3. The third kappa shape index (κ3) is 4.19. The van der Waals surface area contributed by atoms with Crippen LogP contribution in [0.4, 0.5) is 9.18 Å². The lowest BCUT2D eigenvalue weighted by atomic mass is 10.1. The van der Waals surface area contributed by atoms with E-state index >= 15 is 0 Å². The van der Waals surface area contributed by atoms with E-state index in [1.54, 1.807) is 23.5 Å². The Balaban J connectivity index is 1.49. The van der Waals surface area contributed by atoms with Crippen LogP contribution in [0.3, 0.4) is 0 Å². The molecule has 28 heavy (non-hydrogen) atoms. The topological polar surface area (TPSA) is 49.6 Å². The Morgan fingerprint density at radius 2 is 2.04 bits per heavy atom. The van der Waals surface area contributed by atoms with E-state index in [0.717, 1.165) is 41.2 Å². The molecule has 1 N–H and O–H groups in total. The summed E-state index contributed by atoms with van der Waals surface area (Å²) in [7, 11) is 0. The second-order valence-electron chi connectivity index (χ2n) is 8.37. The van der Waals surface area contributed by atoms with Crippen molar-refractivity contribution in [1.29, 1.82) is 0 Å². The fourth-order valence-corrected chi connectivity index (χ4v) is 4.14. The smallest absolute Gasteiger partial charge is 0.318 e. The number of urea groups is 1. The fourth-order valence-electron chi connectivity index (χ4n) is 3.23. The first-order valence-corrected chi connectivity index (χ1v) is 10.5. The molecule has 0 spiro atoms. The minimum Gasteiger partial charge on any atom is -0.333 e. The Kier molecular flexibility index (Phi) is 4.87. The Labute approximate surface area is 168 Å². The van der Waals surface area contributed by atoms with Crippen molar-refractivity contribution in [1.82, 2.24) is 19.6 Å². The number of hydrogen-bond donors (Lipinski definition) is 1. The summed E-state index contributed by atoms with van der Waals surface area (Å²) in [6.07, 6.45) is 4.92. The number of amides is 2. The molecule has 1 aliphatic rings. The van der Waals surface area contributed by atoms with Crippen molar-refractivity contribution in [3.63, 3.8) is 0 Å². The second-order valence-corrected chi connectivity index (χ2v) is 9.20. The maximum absolute atomic E-state index is 13.2. The number of halogens is 1. The van der Waals surface area contributed by atoms with Crippen molar-refractivity contribution in [3.05, 3.63) is 47.4 Å². The Bertz CT molecular complexity index is 982. The number of benzene rings is 1. The van der Waals surface area contributed by atoms with Gasteiger partial charge in [-0.15, -0.1) is 11.3 Å². The normalized spacial score (nSPS) is 14.4. The molecule has 1 fully saturated rings. The van der Waals surface area contributed by atoms with Crippen LogP contribution in [0, 0.1) is 5.82 Å². The first-order valence-electron chi connectivity index (χ1n) is 9.60. The lowest BCUT2D eigenvalue weighted by Crippen LogP contribution is -2.49. The zero-order valence-electron chi connectivity index (χ0n) is 16.4. The van der Waals surface area contributed by atoms with Crippen LogP contribution in [0.5, 0.6) is 0 Å². The van der Waals surface area contributed by atoms with Crippen molar-refractivity contribution in [2.75, 3.05) is 6.54 Å². The lowest BCUT2D eigenvalue weighted by molar-refractivity contribution is 0.186. The Morgan fingerprint density at radius 3 is 2.68 bits per heavy atom. The number of thiazole rings is 1. The van der Waals surface area contributed by atoms with Crippen molar-refractivity contribution in [2.24, 2.45) is 0 Å². The number of carbonyl (C=O) groups excluding carboxylic acids is 1. The van der Waals surface area contributed by atoms with Crippen LogP contribution in [-0.2, 0) is 6.42 Å². The van der Waals surface area contributed by atoms with Crippen molar-refractivity contribution < 1.29 is 9.18 Å². The minimum absolute atomic E-state index is 0.0131. The summed E-state index contributed by atoms with van der Waals surface area (Å²) in [5, 5.41) is 5.18. The van der Waals surface area contributed by atoms with E-state index in [4.69, 9.17) is 0 Å². The molecular weight excluding hydrogens is 375 g/mol. The van der Waals surface area contributed by atoms with E-state index in [-0.39, 0.29) is 17.4 Å². The third-order valence-corrected chi connectivity index (χ3v) is 5.65. The summed E-state index contributed by atoms with van der Waals surface area (Å²) in [5.41, 5.74) is 2.62. The van der Waals surface area contributed by atoms with Gasteiger partial charge in [-0.3, -0.25) is 4.40 Å². The first kappa shape index (κ1) is 18.9. The summed E-state index contributed by atoms with van der Waals surface area (Å²) in [5.74, 6) is -0.251. The molecule has 2 amide bonds. The molecule has 0 atom stereocenters. The average molecular weight is 401 g/mol. The van der Waals surface area contributed by atoms with Crippen molar-refractivity contribution >= 4 is 22.3 Å². The molecule has 1 aliphatic carbocycles. The van der Waals surface area contributed by atoms with Crippen LogP contribution in [0.2, 0.25) is 0 Å². The third-order valence-electron chi connectivity index (χ3n) is 4.76. The summed E-state index contributed by atoms with van der Waals surface area (Å²) in [4.78, 5) is 20.2. The van der Waals surface area contributed by atoms with Gasteiger partial charge in [0.05, 0.1) is 5.69 Å². The molecule has 0 radical (unpaired) electrons. The molecule has 2 heterocycles. The predicted molar refractivity (Wildman–Crippen MR) is 110 cm³/mol. The number of nitrogens with zero attached hydrogens (tertiary/aromatic N) is 3. The number of aromatic nitrogens is 2. The molecule has 1 aromatic carbocycles. The zero-order chi connectivity index (χ0) is 19.9. The van der Waals surface area contributed by atoms with Crippen molar-refractivity contribution in [2.45, 2.75) is 51.6 Å². The van der Waals surface area contributed by atoms with Gasteiger partial charge in [0.15, 0.2) is 4.96 Å². The lowest BCUT2D eigenvalue weighted by Gasteiger charge is -2.28. The number of imidazole rings is 1. The van der Waals surface area contributed by atoms with E-state index < -0.39 is 0 Å². The summed E-state index contributed by atoms with van der Waals surface area (Å²) >= 11 is 1.59. The van der Waals surface area contributed by atoms with Gasteiger partial charge < -0.3 is 10.2 Å². The van der Waals surface area contributed by atoms with Gasteiger partial charge in [-0.25, -0.2) is 14.2 Å². The number of carbonyl (C=O) groups is 1. The fraction of sp³-hybridized carbons (Fsp3) is 0.429. The van der Waals surface area contributed by atoms with Crippen LogP contribution < -0.4 is 5.32 Å². The van der Waals surface area contributed by atoms with Crippen molar-refractivity contribution in [3.8, 4) is 11.3 Å². The summed E-state index contributed by atoms with van der Waals surface area (Å²) in [6.45, 7) is 6.69. The maximum Gasteiger partial charge on any atom is 0.318 e. The SMILES string of the molecule is CC(C)(C)NC(=O)N(CCc1csc2nc(-c3ccc(F)cc3)cn12)C1CC1. The maximum atomic E-state index is 13.2. The molecule has 1 saturated carbocycles. The molecule has 4 rings (SSSR count). The standard InChI is InChI=1S/C21H25FN4OS/c1-21(2,3)24-19(27)25(16-8-9-16)11-10-17-13-28-20-23-18(12-26(17)20)14-4-6-15(22)7-5-14/h4-7,12-13,16H,8-11H2,1-3H3,(H,24,27). The molecule has 0 unspecified atom stereocenters. The Morgan fingerprint density at radius 1 is 1.32 bits per heavy atom. The molecule has 0 bridgehead atoms. The summed E-state index contributed by atoms with van der Waals surface area (Å²) < 4.78 is 15.2. The number of rotatable bonds is 5. The van der Waals surface area contributed by atoms with Gasteiger partial charge in [0, 0.05) is 47.4 Å². The van der Waals surface area contributed by atoms with Gasteiger partial charge in [0.2, 0.25) is 0 Å². The van der Waals surface area contributed by atoms with Gasteiger partial charge >= 0.3 is 6.03 Å². The van der Waals surface area contributed by atoms with Crippen LogP contribution >= 0.6 is 11.3 Å². The number of nitrogens with one attached hydrogen (secondary N) is 1. The highest BCUT2D eigenvalue weighted by molar-refractivity contribution is 7.15. The molecule has 2 aromatic heterocycles. The van der Waals surface area contributed by atoms with E-state index in [1.807, 2.05) is 31.9 Å². The van der Waals surface area contributed by atoms with Crippen LogP contribution in [0.25, 0.3) is 16.2 Å². The van der Waals surface area contributed by atoms with Gasteiger partial charge in [-0.2, -0.15) is 0 Å². The molecule has 148 valence electrons. The molecule has 3 aromatic rings. The largest absolute Gasteiger partial charge is 0.333 e. The number of hydrogen-bond acceptors (Lipinski definition) is 3. The van der Waals surface area contributed by atoms with E-state index in [1.165, 1.54) is 12.1 Å². The van der Waals surface area contributed by atoms with Gasteiger partial charge in [-0.1, -0.05) is 0 Å². The molecule has 0 saturated heterocycles. The highest BCUT2D eigenvalue weighted by Gasteiger charge is 2.33. The molecular formula is C21H25FN4OS. The monoisotopic (exact) mass is 400 g/mol. The molecule has 7 heteroatoms.